The number of hydrogen-bond acceptors (Lipinski definition) is 6. The van der Waals surface area contributed by atoms with Gasteiger partial charge < -0.3 is 20.3 Å². The van der Waals surface area contributed by atoms with Crippen molar-refractivity contribution in [2.24, 2.45) is 5.92 Å². The van der Waals surface area contributed by atoms with Gasteiger partial charge in [0.15, 0.2) is 0 Å². The average molecular weight is 319 g/mol. The first-order chi connectivity index (χ1) is 11.1. The van der Waals surface area contributed by atoms with Crippen molar-refractivity contribution in [2.45, 2.75) is 38.6 Å². The fraction of sp³-hybridized carbons (Fsp3) is 0.688. The highest BCUT2D eigenvalue weighted by molar-refractivity contribution is 5.77. The van der Waals surface area contributed by atoms with E-state index in [4.69, 9.17) is 10.5 Å². The van der Waals surface area contributed by atoms with E-state index in [1.165, 1.54) is 0 Å². The molecule has 3 rings (SSSR count). The minimum Gasteiger partial charge on any atom is -0.481 e. The number of hydrogen-bond donors (Lipinski definition) is 1. The second kappa shape index (κ2) is 6.60. The minimum absolute atomic E-state index is 0.230. The van der Waals surface area contributed by atoms with E-state index >= 15 is 0 Å². The van der Waals surface area contributed by atoms with Crippen molar-refractivity contribution >= 4 is 17.7 Å². The molecule has 7 nitrogen and oxygen atoms in total. The number of likely N-dealkylation sites (tertiary alicyclic amines) is 1. The lowest BCUT2D eigenvalue weighted by Gasteiger charge is -2.47. The lowest BCUT2D eigenvalue weighted by Crippen LogP contribution is -2.56. The van der Waals surface area contributed by atoms with Gasteiger partial charge in [0.05, 0.1) is 7.11 Å². The number of carbonyl (C=O) groups is 1. The zero-order valence-electron chi connectivity index (χ0n) is 13.9. The van der Waals surface area contributed by atoms with Gasteiger partial charge in [-0.1, -0.05) is 6.92 Å². The number of nitrogens with two attached hydrogens (primary N) is 1. The van der Waals surface area contributed by atoms with Gasteiger partial charge in [0.2, 0.25) is 17.7 Å². The molecular formula is C16H25N5O2. The smallest absolute Gasteiger partial charge is 0.225 e. The normalized spacial score (nSPS) is 24.5. The van der Waals surface area contributed by atoms with Gasteiger partial charge in [-0.3, -0.25) is 4.79 Å². The van der Waals surface area contributed by atoms with E-state index in [-0.39, 0.29) is 5.95 Å². The highest BCUT2D eigenvalue weighted by atomic mass is 16.5. The molecule has 2 atom stereocenters. The molecular weight excluding hydrogens is 294 g/mol. The Bertz CT molecular complexity index is 580. The Kier molecular flexibility index (Phi) is 4.54. The van der Waals surface area contributed by atoms with Crippen LogP contribution in [0.25, 0.3) is 0 Å². The van der Waals surface area contributed by atoms with Gasteiger partial charge in [-0.15, -0.1) is 0 Å². The van der Waals surface area contributed by atoms with E-state index in [0.29, 0.717) is 30.2 Å². The van der Waals surface area contributed by atoms with Gasteiger partial charge >= 0.3 is 0 Å². The summed E-state index contributed by atoms with van der Waals surface area (Å²) >= 11 is 0. The van der Waals surface area contributed by atoms with Gasteiger partial charge in [0, 0.05) is 38.2 Å². The van der Waals surface area contributed by atoms with Crippen LogP contribution in [0.1, 0.15) is 32.6 Å². The molecule has 7 heteroatoms. The molecule has 0 radical (unpaired) electrons. The van der Waals surface area contributed by atoms with Crippen molar-refractivity contribution < 1.29 is 9.53 Å². The van der Waals surface area contributed by atoms with Gasteiger partial charge in [0.25, 0.3) is 0 Å². The average Bonchev–Trinajstić information content (AvgIpc) is 2.56. The number of rotatable bonds is 4. The summed E-state index contributed by atoms with van der Waals surface area (Å²) in [6.07, 6.45) is 3.60. The summed E-state index contributed by atoms with van der Waals surface area (Å²) in [6.45, 7) is 4.77. The molecule has 2 N–H and O–H groups in total. The molecule has 0 spiro atoms. The molecule has 1 aromatic heterocycles. The highest BCUT2D eigenvalue weighted by Crippen LogP contribution is 2.33. The Labute approximate surface area is 136 Å². The van der Waals surface area contributed by atoms with Gasteiger partial charge in [0.1, 0.15) is 5.82 Å². The first-order valence-electron chi connectivity index (χ1n) is 8.35. The molecule has 1 amide bonds. The first-order valence-corrected chi connectivity index (χ1v) is 8.35. The molecule has 1 aromatic rings. The van der Waals surface area contributed by atoms with Crippen LogP contribution in [-0.4, -0.2) is 53.6 Å². The standard InChI is InChI=1S/C16H25N5O2/c1-3-7-21-12-6-8-20(10-11(12)4-5-15(21)22)13-9-14(23-2)19-16(17)18-13/h9,11-12H,3-8,10H2,1-2H3,(H2,17,18,19). The van der Waals surface area contributed by atoms with Crippen LogP contribution in [0.15, 0.2) is 6.07 Å². The molecule has 23 heavy (non-hydrogen) atoms. The summed E-state index contributed by atoms with van der Waals surface area (Å²) in [5.41, 5.74) is 5.77. The lowest BCUT2D eigenvalue weighted by atomic mass is 9.83. The summed E-state index contributed by atoms with van der Waals surface area (Å²) in [6, 6.07) is 2.20. The zero-order chi connectivity index (χ0) is 16.4. The fourth-order valence-electron chi connectivity index (χ4n) is 3.79. The van der Waals surface area contributed by atoms with E-state index in [1.54, 1.807) is 7.11 Å². The third-order valence-electron chi connectivity index (χ3n) is 4.85. The Morgan fingerprint density at radius 3 is 2.96 bits per heavy atom. The van der Waals surface area contributed by atoms with Gasteiger partial charge in [-0.25, -0.2) is 0 Å². The van der Waals surface area contributed by atoms with E-state index < -0.39 is 0 Å². The Hall–Kier alpha value is -2.05. The fourth-order valence-corrected chi connectivity index (χ4v) is 3.79. The molecule has 0 saturated carbocycles. The summed E-state index contributed by atoms with van der Waals surface area (Å²) in [4.78, 5) is 24.9. The maximum Gasteiger partial charge on any atom is 0.225 e. The van der Waals surface area contributed by atoms with Crippen molar-refractivity contribution in [3.8, 4) is 5.88 Å². The van der Waals surface area contributed by atoms with Crippen LogP contribution in [0, 0.1) is 5.92 Å². The van der Waals surface area contributed by atoms with E-state index in [1.807, 2.05) is 6.07 Å². The number of nitrogen functional groups attached to an aromatic ring is 1. The number of piperidine rings is 2. The number of methoxy groups -OCH3 is 1. The van der Waals surface area contributed by atoms with Crippen molar-refractivity contribution in [3.63, 3.8) is 0 Å². The molecule has 2 saturated heterocycles. The van der Waals surface area contributed by atoms with Crippen LogP contribution < -0.4 is 15.4 Å². The van der Waals surface area contributed by atoms with Crippen LogP contribution in [-0.2, 0) is 4.79 Å². The largest absolute Gasteiger partial charge is 0.481 e. The number of aromatic nitrogens is 2. The second-order valence-corrected chi connectivity index (χ2v) is 6.31. The van der Waals surface area contributed by atoms with Crippen molar-refractivity contribution in [3.05, 3.63) is 6.07 Å². The Balaban J connectivity index is 1.75. The number of ether oxygens (including phenoxy) is 1. The quantitative estimate of drug-likeness (QED) is 0.900. The molecule has 0 aromatic carbocycles. The van der Waals surface area contributed by atoms with E-state index in [0.717, 1.165) is 44.7 Å². The molecule has 2 unspecified atom stereocenters. The molecule has 2 fully saturated rings. The molecule has 126 valence electrons. The molecule has 3 heterocycles. The number of nitrogens with zero attached hydrogens (tertiary/aromatic N) is 4. The van der Waals surface area contributed by atoms with E-state index in [9.17, 15) is 4.79 Å². The van der Waals surface area contributed by atoms with Gasteiger partial charge in [-0.05, 0) is 25.2 Å². The zero-order valence-corrected chi connectivity index (χ0v) is 13.9. The maximum absolute atomic E-state index is 12.2. The Morgan fingerprint density at radius 2 is 2.22 bits per heavy atom. The van der Waals surface area contributed by atoms with Crippen molar-refractivity contribution in [1.29, 1.82) is 0 Å². The summed E-state index contributed by atoms with van der Waals surface area (Å²) in [5, 5.41) is 0. The predicted molar refractivity (Wildman–Crippen MR) is 88.3 cm³/mol. The van der Waals surface area contributed by atoms with Crippen molar-refractivity contribution in [1.82, 2.24) is 14.9 Å². The number of carbonyl (C=O) groups excluding carboxylic acids is 1. The summed E-state index contributed by atoms with van der Waals surface area (Å²) < 4.78 is 5.19. The molecule has 2 aliphatic heterocycles. The number of fused-ring (bicyclic) bond motifs is 1. The summed E-state index contributed by atoms with van der Waals surface area (Å²) in [7, 11) is 1.58. The third kappa shape index (κ3) is 3.18. The van der Waals surface area contributed by atoms with Crippen molar-refractivity contribution in [2.75, 3.05) is 37.4 Å². The lowest BCUT2D eigenvalue weighted by molar-refractivity contribution is -0.139. The second-order valence-electron chi connectivity index (χ2n) is 6.31. The predicted octanol–water partition coefficient (Wildman–Crippen LogP) is 1.29. The molecule has 0 bridgehead atoms. The number of anilines is 2. The van der Waals surface area contributed by atoms with Crippen LogP contribution in [0.5, 0.6) is 5.88 Å². The van der Waals surface area contributed by atoms with Gasteiger partial charge in [-0.2, -0.15) is 9.97 Å². The van der Waals surface area contributed by atoms with Crippen LogP contribution in [0.3, 0.4) is 0 Å². The van der Waals surface area contributed by atoms with Crippen LogP contribution >= 0.6 is 0 Å². The highest BCUT2D eigenvalue weighted by Gasteiger charge is 2.39. The minimum atomic E-state index is 0.230. The maximum atomic E-state index is 12.2. The molecule has 0 aliphatic carbocycles. The topological polar surface area (TPSA) is 84.6 Å². The summed E-state index contributed by atoms with van der Waals surface area (Å²) in [5.74, 6) is 2.34. The van der Waals surface area contributed by atoms with Crippen LogP contribution in [0.2, 0.25) is 0 Å². The molecule has 2 aliphatic rings. The van der Waals surface area contributed by atoms with Crippen LogP contribution in [0.4, 0.5) is 11.8 Å². The van der Waals surface area contributed by atoms with E-state index in [2.05, 4.69) is 26.7 Å². The number of amides is 1. The Morgan fingerprint density at radius 1 is 1.39 bits per heavy atom. The third-order valence-corrected chi connectivity index (χ3v) is 4.85. The monoisotopic (exact) mass is 319 g/mol. The first kappa shape index (κ1) is 15.8. The SMILES string of the molecule is CCCN1C(=O)CCC2CN(c3cc(OC)nc(N)n3)CCC21.